The number of carboxylic acid groups (broad SMARTS) is 1. The van der Waals surface area contributed by atoms with Gasteiger partial charge in [-0.05, 0) is 29.8 Å². The molecule has 0 atom stereocenters. The van der Waals surface area contributed by atoms with Crippen LogP contribution in [0.25, 0.3) is 0 Å². The maximum absolute atomic E-state index is 11.1. The SMILES string of the molecule is O=C(O)c1ccccc1Sc1ccc(CO)cc1. The van der Waals surface area contributed by atoms with Gasteiger partial charge in [-0.2, -0.15) is 0 Å². The third-order valence-corrected chi connectivity index (χ3v) is 3.53. The van der Waals surface area contributed by atoms with Crippen LogP contribution in [0.4, 0.5) is 0 Å². The Morgan fingerprint density at radius 3 is 2.33 bits per heavy atom. The van der Waals surface area contributed by atoms with Crippen LogP contribution in [0, 0.1) is 0 Å². The predicted molar refractivity (Wildman–Crippen MR) is 69.9 cm³/mol. The highest BCUT2D eigenvalue weighted by molar-refractivity contribution is 7.99. The van der Waals surface area contributed by atoms with Gasteiger partial charge in [0, 0.05) is 9.79 Å². The minimum Gasteiger partial charge on any atom is -0.478 e. The summed E-state index contributed by atoms with van der Waals surface area (Å²) in [6.45, 7) is 0.0106. The van der Waals surface area contributed by atoms with E-state index in [-0.39, 0.29) is 6.61 Å². The fraction of sp³-hybridized carbons (Fsp3) is 0.0714. The van der Waals surface area contributed by atoms with Crippen molar-refractivity contribution < 1.29 is 15.0 Å². The molecule has 2 aromatic rings. The lowest BCUT2D eigenvalue weighted by Crippen LogP contribution is -1.97. The summed E-state index contributed by atoms with van der Waals surface area (Å²) in [4.78, 5) is 12.7. The van der Waals surface area contributed by atoms with E-state index in [0.717, 1.165) is 10.5 Å². The molecule has 0 bridgehead atoms. The first-order chi connectivity index (χ1) is 8.70. The van der Waals surface area contributed by atoms with E-state index >= 15 is 0 Å². The summed E-state index contributed by atoms with van der Waals surface area (Å²) in [5.74, 6) is -0.926. The quantitative estimate of drug-likeness (QED) is 0.887. The highest BCUT2D eigenvalue weighted by Gasteiger charge is 2.09. The summed E-state index contributed by atoms with van der Waals surface area (Å²) < 4.78 is 0. The zero-order chi connectivity index (χ0) is 13.0. The van der Waals surface area contributed by atoms with Gasteiger partial charge in [-0.1, -0.05) is 36.0 Å². The van der Waals surface area contributed by atoms with E-state index < -0.39 is 5.97 Å². The molecule has 2 N–H and O–H groups in total. The third kappa shape index (κ3) is 2.91. The number of carbonyl (C=O) groups is 1. The molecular formula is C14H12O3S. The monoisotopic (exact) mass is 260 g/mol. The van der Waals surface area contributed by atoms with Gasteiger partial charge in [0.25, 0.3) is 0 Å². The lowest BCUT2D eigenvalue weighted by molar-refractivity contribution is 0.0693. The molecule has 0 spiro atoms. The van der Waals surface area contributed by atoms with Gasteiger partial charge in [-0.25, -0.2) is 4.79 Å². The van der Waals surface area contributed by atoms with Crippen LogP contribution in [-0.4, -0.2) is 16.2 Å². The Labute approximate surface area is 109 Å². The summed E-state index contributed by atoms with van der Waals surface area (Å²) in [6, 6.07) is 14.3. The van der Waals surface area contributed by atoms with Gasteiger partial charge in [-0.15, -0.1) is 0 Å². The molecule has 0 unspecified atom stereocenters. The predicted octanol–water partition coefficient (Wildman–Crippen LogP) is 3.03. The molecule has 92 valence electrons. The lowest BCUT2D eigenvalue weighted by atomic mass is 10.2. The topological polar surface area (TPSA) is 57.5 Å². The van der Waals surface area contributed by atoms with Gasteiger partial charge in [0.05, 0.1) is 12.2 Å². The Morgan fingerprint density at radius 2 is 1.72 bits per heavy atom. The van der Waals surface area contributed by atoms with Crippen molar-refractivity contribution in [3.05, 3.63) is 59.7 Å². The Hall–Kier alpha value is -1.78. The Bertz CT molecular complexity index is 549. The van der Waals surface area contributed by atoms with Crippen LogP contribution < -0.4 is 0 Å². The molecule has 0 radical (unpaired) electrons. The van der Waals surface area contributed by atoms with E-state index in [1.807, 2.05) is 30.3 Å². The van der Waals surface area contributed by atoms with Crippen molar-refractivity contribution in [2.24, 2.45) is 0 Å². The normalized spacial score (nSPS) is 10.3. The highest BCUT2D eigenvalue weighted by Crippen LogP contribution is 2.30. The molecule has 18 heavy (non-hydrogen) atoms. The van der Waals surface area contributed by atoms with Crippen molar-refractivity contribution in [3.63, 3.8) is 0 Å². The van der Waals surface area contributed by atoms with Crippen LogP contribution in [0.2, 0.25) is 0 Å². The van der Waals surface area contributed by atoms with E-state index in [0.29, 0.717) is 10.5 Å². The second-order valence-corrected chi connectivity index (χ2v) is 4.82. The fourth-order valence-electron chi connectivity index (χ4n) is 1.52. The highest BCUT2D eigenvalue weighted by atomic mass is 32.2. The number of hydrogen-bond acceptors (Lipinski definition) is 3. The molecule has 0 aliphatic heterocycles. The summed E-state index contributed by atoms with van der Waals surface area (Å²) in [6.07, 6.45) is 0. The molecule has 0 aliphatic rings. The van der Waals surface area contributed by atoms with Crippen molar-refractivity contribution >= 4 is 17.7 Å². The van der Waals surface area contributed by atoms with Crippen molar-refractivity contribution in [2.75, 3.05) is 0 Å². The Kier molecular flexibility index (Phi) is 4.02. The maximum Gasteiger partial charge on any atom is 0.336 e. The van der Waals surface area contributed by atoms with Crippen LogP contribution in [0.3, 0.4) is 0 Å². The first kappa shape index (κ1) is 12.7. The number of carboxylic acids is 1. The first-order valence-corrected chi connectivity index (χ1v) is 6.22. The third-order valence-electron chi connectivity index (χ3n) is 2.45. The summed E-state index contributed by atoms with van der Waals surface area (Å²) in [5, 5.41) is 18.0. The van der Waals surface area contributed by atoms with Crippen LogP contribution in [0.15, 0.2) is 58.3 Å². The second-order valence-electron chi connectivity index (χ2n) is 3.71. The standard InChI is InChI=1S/C14H12O3S/c15-9-10-5-7-11(8-6-10)18-13-4-2-1-3-12(13)14(16)17/h1-8,15H,9H2,(H,16,17). The van der Waals surface area contributed by atoms with E-state index in [2.05, 4.69) is 0 Å². The maximum atomic E-state index is 11.1. The number of rotatable bonds is 4. The van der Waals surface area contributed by atoms with Gasteiger partial charge in [-0.3, -0.25) is 0 Å². The summed E-state index contributed by atoms with van der Waals surface area (Å²) in [5.41, 5.74) is 1.14. The molecule has 3 nitrogen and oxygen atoms in total. The molecule has 0 fully saturated rings. The number of aliphatic hydroxyl groups is 1. The molecule has 0 heterocycles. The van der Waals surface area contributed by atoms with Crippen LogP contribution in [-0.2, 0) is 6.61 Å². The van der Waals surface area contributed by atoms with E-state index in [1.54, 1.807) is 18.2 Å². The molecule has 0 amide bonds. The van der Waals surface area contributed by atoms with Crippen LogP contribution in [0.5, 0.6) is 0 Å². The van der Waals surface area contributed by atoms with Gasteiger partial charge in [0.2, 0.25) is 0 Å². The Morgan fingerprint density at radius 1 is 1.06 bits per heavy atom. The molecule has 0 aromatic heterocycles. The van der Waals surface area contributed by atoms with Crippen molar-refractivity contribution in [1.82, 2.24) is 0 Å². The van der Waals surface area contributed by atoms with Gasteiger partial charge in [0.1, 0.15) is 0 Å². The van der Waals surface area contributed by atoms with Crippen LogP contribution in [0.1, 0.15) is 15.9 Å². The van der Waals surface area contributed by atoms with Gasteiger partial charge >= 0.3 is 5.97 Å². The average molecular weight is 260 g/mol. The average Bonchev–Trinajstić information content (AvgIpc) is 2.40. The molecule has 2 rings (SSSR count). The minimum absolute atomic E-state index is 0.0106. The molecule has 4 heteroatoms. The fourth-order valence-corrected chi connectivity index (χ4v) is 2.46. The van der Waals surface area contributed by atoms with Crippen molar-refractivity contribution in [2.45, 2.75) is 16.4 Å². The van der Waals surface area contributed by atoms with E-state index in [1.165, 1.54) is 11.8 Å². The summed E-state index contributed by atoms with van der Waals surface area (Å²) in [7, 11) is 0. The van der Waals surface area contributed by atoms with Crippen molar-refractivity contribution in [1.29, 1.82) is 0 Å². The summed E-state index contributed by atoms with van der Waals surface area (Å²) >= 11 is 1.40. The molecule has 2 aromatic carbocycles. The van der Waals surface area contributed by atoms with Crippen molar-refractivity contribution in [3.8, 4) is 0 Å². The smallest absolute Gasteiger partial charge is 0.336 e. The van der Waals surface area contributed by atoms with Crippen LogP contribution >= 0.6 is 11.8 Å². The Balaban J connectivity index is 2.25. The lowest BCUT2D eigenvalue weighted by Gasteiger charge is -2.06. The van der Waals surface area contributed by atoms with E-state index in [4.69, 9.17) is 10.2 Å². The number of hydrogen-bond donors (Lipinski definition) is 2. The molecule has 0 aliphatic carbocycles. The van der Waals surface area contributed by atoms with Gasteiger partial charge < -0.3 is 10.2 Å². The molecular weight excluding hydrogens is 248 g/mol. The largest absolute Gasteiger partial charge is 0.478 e. The van der Waals surface area contributed by atoms with Gasteiger partial charge in [0.15, 0.2) is 0 Å². The number of aliphatic hydroxyl groups excluding tert-OH is 1. The van der Waals surface area contributed by atoms with E-state index in [9.17, 15) is 4.79 Å². The second kappa shape index (κ2) is 5.71. The zero-order valence-corrected chi connectivity index (χ0v) is 10.4. The molecule has 0 saturated heterocycles. The molecule has 0 saturated carbocycles. The first-order valence-electron chi connectivity index (χ1n) is 5.40. The zero-order valence-electron chi connectivity index (χ0n) is 9.54. The number of aromatic carboxylic acids is 1. The minimum atomic E-state index is -0.926. The number of benzene rings is 2.